The Morgan fingerprint density at radius 3 is 2.69 bits per heavy atom. The summed E-state index contributed by atoms with van der Waals surface area (Å²) in [6.45, 7) is 4.26. The van der Waals surface area contributed by atoms with Gasteiger partial charge in [-0.05, 0) is 19.3 Å². The summed E-state index contributed by atoms with van der Waals surface area (Å²) in [6, 6.07) is 0. The van der Waals surface area contributed by atoms with Crippen molar-refractivity contribution in [1.29, 1.82) is 0 Å². The lowest BCUT2D eigenvalue weighted by atomic mass is 9.86. The smallest absolute Gasteiger partial charge is 0.149 e. The highest BCUT2D eigenvalue weighted by molar-refractivity contribution is 5.83. The summed E-state index contributed by atoms with van der Waals surface area (Å²) in [5, 5.41) is 0. The number of ketones is 1. The van der Waals surface area contributed by atoms with Gasteiger partial charge >= 0.3 is 0 Å². The monoisotopic (exact) mass is 225 g/mol. The summed E-state index contributed by atoms with van der Waals surface area (Å²) < 4.78 is 5.40. The molecule has 2 aliphatic rings. The molecule has 16 heavy (non-hydrogen) atoms. The Kier molecular flexibility index (Phi) is 4.79. The fraction of sp³-hybridized carbons (Fsp3) is 0.923. The molecule has 0 atom stereocenters. The highest BCUT2D eigenvalue weighted by atomic mass is 16.5. The average Bonchev–Trinajstić information content (AvgIpc) is 2.59. The predicted molar refractivity (Wildman–Crippen MR) is 63.5 cm³/mol. The number of rotatable bonds is 3. The zero-order valence-electron chi connectivity index (χ0n) is 10.1. The van der Waals surface area contributed by atoms with Crippen molar-refractivity contribution in [2.45, 2.75) is 38.5 Å². The van der Waals surface area contributed by atoms with E-state index >= 15 is 0 Å². The molecule has 92 valence electrons. The molecule has 0 unspecified atom stereocenters. The molecule has 1 saturated carbocycles. The van der Waals surface area contributed by atoms with Gasteiger partial charge in [0.2, 0.25) is 0 Å². The number of nitrogens with zero attached hydrogens (tertiary/aromatic N) is 1. The van der Waals surface area contributed by atoms with E-state index in [9.17, 15) is 4.79 Å². The summed E-state index contributed by atoms with van der Waals surface area (Å²) in [7, 11) is 0. The van der Waals surface area contributed by atoms with Gasteiger partial charge in [0.1, 0.15) is 5.78 Å². The van der Waals surface area contributed by atoms with E-state index in [1.165, 1.54) is 19.3 Å². The zero-order chi connectivity index (χ0) is 11.2. The maximum atomic E-state index is 12.1. The molecule has 1 heterocycles. The zero-order valence-corrected chi connectivity index (χ0v) is 10.1. The van der Waals surface area contributed by atoms with Crippen LogP contribution in [-0.4, -0.2) is 43.5 Å². The van der Waals surface area contributed by atoms with Crippen LogP contribution in [0.15, 0.2) is 0 Å². The Bertz CT molecular complexity index is 216. The van der Waals surface area contributed by atoms with Gasteiger partial charge in [0.25, 0.3) is 0 Å². The Balaban J connectivity index is 1.76. The van der Waals surface area contributed by atoms with Crippen LogP contribution in [0.4, 0.5) is 0 Å². The van der Waals surface area contributed by atoms with Crippen molar-refractivity contribution in [3.63, 3.8) is 0 Å². The third kappa shape index (κ3) is 3.56. The first-order valence-electron chi connectivity index (χ1n) is 6.69. The van der Waals surface area contributed by atoms with Gasteiger partial charge in [-0.2, -0.15) is 0 Å². The molecule has 0 amide bonds. The first-order valence-corrected chi connectivity index (χ1v) is 6.69. The van der Waals surface area contributed by atoms with E-state index in [4.69, 9.17) is 4.74 Å². The van der Waals surface area contributed by atoms with Gasteiger partial charge in [0.05, 0.1) is 13.2 Å². The number of Topliss-reactive ketones (excluding diaryl/α,β-unsaturated/α-hetero) is 1. The van der Waals surface area contributed by atoms with Gasteiger partial charge in [0.15, 0.2) is 0 Å². The average molecular weight is 225 g/mol. The van der Waals surface area contributed by atoms with Crippen LogP contribution in [0.25, 0.3) is 0 Å². The third-order valence-electron chi connectivity index (χ3n) is 3.75. The van der Waals surface area contributed by atoms with Crippen molar-refractivity contribution in [1.82, 2.24) is 4.90 Å². The van der Waals surface area contributed by atoms with Crippen LogP contribution >= 0.6 is 0 Å². The molecule has 0 spiro atoms. The minimum absolute atomic E-state index is 0.359. The molecular weight excluding hydrogens is 202 g/mol. The summed E-state index contributed by atoms with van der Waals surface area (Å²) >= 11 is 0. The Hall–Kier alpha value is -0.410. The molecule has 0 aromatic heterocycles. The van der Waals surface area contributed by atoms with E-state index in [2.05, 4.69) is 4.90 Å². The highest BCUT2D eigenvalue weighted by Crippen LogP contribution is 2.24. The second-order valence-electron chi connectivity index (χ2n) is 5.04. The van der Waals surface area contributed by atoms with Crippen LogP contribution in [0.1, 0.15) is 38.5 Å². The second-order valence-corrected chi connectivity index (χ2v) is 5.04. The minimum atomic E-state index is 0.359. The number of hydrogen-bond donors (Lipinski definition) is 0. The summed E-state index contributed by atoms with van der Waals surface area (Å²) in [5.74, 6) is 0.833. The fourth-order valence-electron chi connectivity index (χ4n) is 2.73. The summed E-state index contributed by atoms with van der Waals surface area (Å²) in [5.41, 5.74) is 0. The molecule has 0 aromatic rings. The van der Waals surface area contributed by atoms with E-state index in [0.29, 0.717) is 18.2 Å². The van der Waals surface area contributed by atoms with E-state index in [1.54, 1.807) is 0 Å². The van der Waals surface area contributed by atoms with Crippen molar-refractivity contribution in [3.05, 3.63) is 0 Å². The van der Waals surface area contributed by atoms with E-state index in [0.717, 1.165) is 45.6 Å². The number of carbonyl (C=O) groups excluding carboxylic acids is 1. The van der Waals surface area contributed by atoms with Crippen LogP contribution < -0.4 is 0 Å². The van der Waals surface area contributed by atoms with E-state index < -0.39 is 0 Å². The lowest BCUT2D eigenvalue weighted by Crippen LogP contribution is -2.35. The summed E-state index contributed by atoms with van der Waals surface area (Å²) in [6.07, 6.45) is 7.14. The third-order valence-corrected chi connectivity index (χ3v) is 3.75. The number of ether oxygens (including phenoxy) is 1. The normalized spacial score (nSPS) is 25.2. The molecule has 3 heteroatoms. The van der Waals surface area contributed by atoms with Crippen molar-refractivity contribution >= 4 is 5.78 Å². The molecule has 1 saturated heterocycles. The van der Waals surface area contributed by atoms with Crippen molar-refractivity contribution in [3.8, 4) is 0 Å². The van der Waals surface area contributed by atoms with Gasteiger partial charge in [0, 0.05) is 25.6 Å². The van der Waals surface area contributed by atoms with E-state index in [1.807, 2.05) is 0 Å². The molecule has 0 N–H and O–H groups in total. The molecule has 3 nitrogen and oxygen atoms in total. The van der Waals surface area contributed by atoms with Crippen molar-refractivity contribution < 1.29 is 9.53 Å². The standard InChI is InChI=1S/C13H23NO2/c15-13(12-5-2-1-3-6-12)11-14-7-4-9-16-10-8-14/h12H,1-11H2. The van der Waals surface area contributed by atoms with Crippen LogP contribution in [0.2, 0.25) is 0 Å². The largest absolute Gasteiger partial charge is 0.380 e. The lowest BCUT2D eigenvalue weighted by Gasteiger charge is -2.24. The molecular formula is C13H23NO2. The first kappa shape index (κ1) is 12.1. The molecule has 2 fully saturated rings. The highest BCUT2D eigenvalue weighted by Gasteiger charge is 2.23. The topological polar surface area (TPSA) is 29.5 Å². The molecule has 1 aliphatic heterocycles. The quantitative estimate of drug-likeness (QED) is 0.734. The van der Waals surface area contributed by atoms with Gasteiger partial charge in [-0.25, -0.2) is 0 Å². The molecule has 0 bridgehead atoms. The Labute approximate surface area is 98.1 Å². The van der Waals surface area contributed by atoms with Gasteiger partial charge in [-0.1, -0.05) is 19.3 Å². The maximum Gasteiger partial charge on any atom is 0.149 e. The predicted octanol–water partition coefficient (Wildman–Crippen LogP) is 1.86. The number of hydrogen-bond acceptors (Lipinski definition) is 3. The van der Waals surface area contributed by atoms with Crippen LogP contribution in [-0.2, 0) is 9.53 Å². The van der Waals surface area contributed by atoms with Crippen molar-refractivity contribution in [2.75, 3.05) is 32.8 Å². The second kappa shape index (κ2) is 6.36. The fourth-order valence-corrected chi connectivity index (χ4v) is 2.73. The van der Waals surface area contributed by atoms with E-state index in [-0.39, 0.29) is 0 Å². The minimum Gasteiger partial charge on any atom is -0.380 e. The van der Waals surface area contributed by atoms with Crippen LogP contribution in [0.5, 0.6) is 0 Å². The van der Waals surface area contributed by atoms with Crippen LogP contribution in [0.3, 0.4) is 0 Å². The SMILES string of the molecule is O=C(CN1CCCOCC1)C1CCCCC1. The maximum absolute atomic E-state index is 12.1. The summed E-state index contributed by atoms with van der Waals surface area (Å²) in [4.78, 5) is 14.4. The van der Waals surface area contributed by atoms with Gasteiger partial charge in [-0.15, -0.1) is 0 Å². The molecule has 1 aliphatic carbocycles. The first-order chi connectivity index (χ1) is 7.86. The molecule has 2 rings (SSSR count). The molecule has 0 aromatic carbocycles. The van der Waals surface area contributed by atoms with Gasteiger partial charge < -0.3 is 4.74 Å². The number of carbonyl (C=O) groups is 1. The van der Waals surface area contributed by atoms with Crippen molar-refractivity contribution in [2.24, 2.45) is 5.92 Å². The molecule has 0 radical (unpaired) electrons. The lowest BCUT2D eigenvalue weighted by molar-refractivity contribution is -0.124. The van der Waals surface area contributed by atoms with Crippen LogP contribution in [0, 0.1) is 5.92 Å². The Morgan fingerprint density at radius 2 is 1.88 bits per heavy atom. The van der Waals surface area contributed by atoms with Gasteiger partial charge in [-0.3, -0.25) is 9.69 Å². The Morgan fingerprint density at radius 1 is 1.06 bits per heavy atom.